The Morgan fingerprint density at radius 2 is 2.25 bits per heavy atom. The molecule has 5 heteroatoms. The number of hydrogen-bond donors (Lipinski definition) is 3. The second-order valence-electron chi connectivity index (χ2n) is 5.28. The summed E-state index contributed by atoms with van der Waals surface area (Å²) in [6.45, 7) is 2.30. The van der Waals surface area contributed by atoms with Crippen molar-refractivity contribution in [3.05, 3.63) is 34.9 Å². The van der Waals surface area contributed by atoms with E-state index in [4.69, 9.17) is 11.6 Å². The first-order valence-electron chi connectivity index (χ1n) is 7.08. The summed E-state index contributed by atoms with van der Waals surface area (Å²) in [5.74, 6) is 0.624. The third kappa shape index (κ3) is 4.12. The highest BCUT2D eigenvalue weighted by Crippen LogP contribution is 2.34. The molecule has 0 heterocycles. The van der Waals surface area contributed by atoms with Gasteiger partial charge in [0.25, 0.3) is 0 Å². The van der Waals surface area contributed by atoms with E-state index in [2.05, 4.69) is 17.6 Å². The summed E-state index contributed by atoms with van der Waals surface area (Å²) in [6, 6.07) is 7.17. The van der Waals surface area contributed by atoms with Gasteiger partial charge < -0.3 is 15.7 Å². The van der Waals surface area contributed by atoms with Crippen molar-refractivity contribution >= 4 is 17.6 Å². The van der Waals surface area contributed by atoms with Crippen molar-refractivity contribution in [3.63, 3.8) is 0 Å². The van der Waals surface area contributed by atoms with E-state index in [1.807, 2.05) is 6.07 Å². The summed E-state index contributed by atoms with van der Waals surface area (Å²) in [6.07, 6.45) is 2.58. The topological polar surface area (TPSA) is 61.4 Å². The van der Waals surface area contributed by atoms with E-state index in [1.165, 1.54) is 0 Å². The zero-order valence-electron chi connectivity index (χ0n) is 11.6. The van der Waals surface area contributed by atoms with Gasteiger partial charge >= 0.3 is 6.03 Å². The lowest BCUT2D eigenvalue weighted by Gasteiger charge is -2.14. The van der Waals surface area contributed by atoms with Gasteiger partial charge in [-0.1, -0.05) is 43.1 Å². The molecule has 1 saturated carbocycles. The maximum atomic E-state index is 11.7. The van der Waals surface area contributed by atoms with Gasteiger partial charge in [-0.25, -0.2) is 4.79 Å². The molecule has 4 nitrogen and oxygen atoms in total. The zero-order valence-corrected chi connectivity index (χ0v) is 12.4. The Labute approximate surface area is 124 Å². The van der Waals surface area contributed by atoms with Crippen LogP contribution in [0.3, 0.4) is 0 Å². The molecule has 0 spiro atoms. The summed E-state index contributed by atoms with van der Waals surface area (Å²) in [5.41, 5.74) is 0.629. The number of urea groups is 1. The van der Waals surface area contributed by atoms with Crippen LogP contribution in [0.1, 0.15) is 37.9 Å². The van der Waals surface area contributed by atoms with Crippen molar-refractivity contribution in [2.45, 2.75) is 38.3 Å². The van der Waals surface area contributed by atoms with Crippen molar-refractivity contribution in [2.24, 2.45) is 5.92 Å². The lowest BCUT2D eigenvalue weighted by Crippen LogP contribution is -2.39. The van der Waals surface area contributed by atoms with Crippen molar-refractivity contribution < 1.29 is 9.90 Å². The first-order chi connectivity index (χ1) is 9.61. The van der Waals surface area contributed by atoms with Gasteiger partial charge in [0.1, 0.15) is 0 Å². The Bertz CT molecular complexity index is 467. The van der Waals surface area contributed by atoms with Crippen LogP contribution in [0.2, 0.25) is 5.02 Å². The van der Waals surface area contributed by atoms with Crippen LogP contribution in [0.5, 0.6) is 0 Å². The van der Waals surface area contributed by atoms with E-state index in [0.29, 0.717) is 22.5 Å². The number of nitrogens with one attached hydrogen (secondary N) is 2. The number of hydrogen-bond acceptors (Lipinski definition) is 2. The maximum absolute atomic E-state index is 11.7. The van der Waals surface area contributed by atoms with Gasteiger partial charge in [0, 0.05) is 23.2 Å². The Morgan fingerprint density at radius 3 is 2.95 bits per heavy atom. The van der Waals surface area contributed by atoms with Crippen LogP contribution in [0.25, 0.3) is 0 Å². The summed E-state index contributed by atoms with van der Waals surface area (Å²) < 4.78 is 0. The van der Waals surface area contributed by atoms with Crippen molar-refractivity contribution in [2.75, 3.05) is 6.54 Å². The van der Waals surface area contributed by atoms with Crippen molar-refractivity contribution in [3.8, 4) is 0 Å². The molecule has 2 rings (SSSR count). The van der Waals surface area contributed by atoms with Crippen molar-refractivity contribution in [1.29, 1.82) is 0 Å². The van der Waals surface area contributed by atoms with E-state index >= 15 is 0 Å². The molecule has 1 aromatic carbocycles. The smallest absolute Gasteiger partial charge is 0.315 e. The largest absolute Gasteiger partial charge is 0.387 e. The fraction of sp³-hybridized carbons (Fsp3) is 0.533. The molecule has 110 valence electrons. The quantitative estimate of drug-likeness (QED) is 0.756. The molecule has 3 unspecified atom stereocenters. The molecule has 3 atom stereocenters. The summed E-state index contributed by atoms with van der Waals surface area (Å²) in [5, 5.41) is 16.1. The molecule has 20 heavy (non-hydrogen) atoms. The fourth-order valence-electron chi connectivity index (χ4n) is 2.38. The van der Waals surface area contributed by atoms with Crippen molar-refractivity contribution in [1.82, 2.24) is 10.6 Å². The molecule has 1 aromatic rings. The SMILES string of the molecule is CCCC1CC1NC(=O)NCC(O)c1ccccc1Cl. The Balaban J connectivity index is 1.72. The average molecular weight is 297 g/mol. The average Bonchev–Trinajstić information content (AvgIpc) is 3.15. The highest BCUT2D eigenvalue weighted by molar-refractivity contribution is 6.31. The number of halogens is 1. The third-order valence-electron chi connectivity index (χ3n) is 3.62. The summed E-state index contributed by atoms with van der Waals surface area (Å²) >= 11 is 5.99. The van der Waals surface area contributed by atoms with Crippen LogP contribution in [0.15, 0.2) is 24.3 Å². The molecule has 0 radical (unpaired) electrons. The van der Waals surface area contributed by atoms with Gasteiger partial charge in [0.05, 0.1) is 6.10 Å². The van der Waals surface area contributed by atoms with Crippen LogP contribution in [-0.4, -0.2) is 23.7 Å². The molecule has 2 amide bonds. The highest BCUT2D eigenvalue weighted by atomic mass is 35.5. The van der Waals surface area contributed by atoms with Crippen LogP contribution in [0, 0.1) is 5.92 Å². The summed E-state index contributed by atoms with van der Waals surface area (Å²) in [7, 11) is 0. The normalized spacial score (nSPS) is 22.1. The minimum atomic E-state index is -0.792. The zero-order chi connectivity index (χ0) is 14.5. The minimum absolute atomic E-state index is 0.154. The second-order valence-corrected chi connectivity index (χ2v) is 5.69. The first-order valence-corrected chi connectivity index (χ1v) is 7.46. The molecule has 3 N–H and O–H groups in total. The van der Waals surface area contributed by atoms with Gasteiger partial charge in [-0.3, -0.25) is 0 Å². The number of aliphatic hydroxyl groups excluding tert-OH is 1. The monoisotopic (exact) mass is 296 g/mol. The van der Waals surface area contributed by atoms with Gasteiger partial charge in [-0.05, 0) is 24.8 Å². The van der Waals surface area contributed by atoms with Crippen LogP contribution in [0.4, 0.5) is 4.79 Å². The van der Waals surface area contributed by atoms with E-state index in [0.717, 1.165) is 19.3 Å². The highest BCUT2D eigenvalue weighted by Gasteiger charge is 2.37. The predicted molar refractivity (Wildman–Crippen MR) is 79.7 cm³/mol. The Kier molecular flexibility index (Phi) is 5.26. The van der Waals surface area contributed by atoms with Gasteiger partial charge in [0.2, 0.25) is 0 Å². The van der Waals surface area contributed by atoms with E-state index in [1.54, 1.807) is 18.2 Å². The fourth-order valence-corrected chi connectivity index (χ4v) is 2.64. The maximum Gasteiger partial charge on any atom is 0.315 e. The number of aliphatic hydroxyl groups is 1. The van der Waals surface area contributed by atoms with E-state index in [-0.39, 0.29) is 12.6 Å². The second kappa shape index (κ2) is 6.95. The summed E-state index contributed by atoms with van der Waals surface area (Å²) in [4.78, 5) is 11.7. The number of amides is 2. The molecule has 0 aliphatic heterocycles. The van der Waals surface area contributed by atoms with Crippen LogP contribution in [-0.2, 0) is 0 Å². The molecule has 0 aromatic heterocycles. The predicted octanol–water partition coefficient (Wildman–Crippen LogP) is 2.86. The van der Waals surface area contributed by atoms with Gasteiger partial charge in [0.15, 0.2) is 0 Å². The molecule has 1 aliphatic rings. The van der Waals surface area contributed by atoms with E-state index in [9.17, 15) is 9.90 Å². The minimum Gasteiger partial charge on any atom is -0.387 e. The standard InChI is InChI=1S/C15H21ClN2O2/c1-2-5-10-8-13(10)18-15(20)17-9-14(19)11-6-3-4-7-12(11)16/h3-4,6-7,10,13-14,19H,2,5,8-9H2,1H3,(H2,17,18,20). The van der Waals surface area contributed by atoms with Crippen LogP contribution < -0.4 is 10.6 Å². The van der Waals surface area contributed by atoms with Gasteiger partial charge in [-0.15, -0.1) is 0 Å². The number of carbonyl (C=O) groups is 1. The number of carbonyl (C=O) groups excluding carboxylic acids is 1. The molecule has 1 aliphatic carbocycles. The first kappa shape index (κ1) is 15.1. The molecule has 0 saturated heterocycles. The third-order valence-corrected chi connectivity index (χ3v) is 3.96. The van der Waals surface area contributed by atoms with E-state index < -0.39 is 6.10 Å². The molecular formula is C15H21ClN2O2. The number of benzene rings is 1. The number of rotatable bonds is 6. The molecule has 0 bridgehead atoms. The lowest BCUT2D eigenvalue weighted by atomic mass is 10.1. The Morgan fingerprint density at radius 1 is 1.50 bits per heavy atom. The van der Waals surface area contributed by atoms with Crippen LogP contribution >= 0.6 is 11.6 Å². The molecular weight excluding hydrogens is 276 g/mol. The Hall–Kier alpha value is -1.26. The molecule has 1 fully saturated rings. The van der Waals surface area contributed by atoms with Gasteiger partial charge in [-0.2, -0.15) is 0 Å². The lowest BCUT2D eigenvalue weighted by molar-refractivity contribution is 0.173.